The Balaban J connectivity index is 1.48. The summed E-state index contributed by atoms with van der Waals surface area (Å²) in [5, 5.41) is 18.6. The summed E-state index contributed by atoms with van der Waals surface area (Å²) in [6, 6.07) is 8.25. The van der Waals surface area contributed by atoms with E-state index in [1.54, 1.807) is 17.0 Å². The molecule has 2 N–H and O–H groups in total. The van der Waals surface area contributed by atoms with Gasteiger partial charge in [-0.3, -0.25) is 15.6 Å². The van der Waals surface area contributed by atoms with Crippen molar-refractivity contribution in [3.8, 4) is 0 Å². The number of piperazine rings is 1. The number of aliphatic imine (C=N–C) groups is 1. The highest BCUT2D eigenvalue weighted by molar-refractivity contribution is 5.84. The monoisotopic (exact) mass is 424 g/mol. The summed E-state index contributed by atoms with van der Waals surface area (Å²) in [5.74, 6) is -0.340. The molecule has 3 rings (SSSR count). The van der Waals surface area contributed by atoms with Crippen molar-refractivity contribution in [3.05, 3.63) is 59.7 Å². The third-order valence-electron chi connectivity index (χ3n) is 4.54. The summed E-state index contributed by atoms with van der Waals surface area (Å²) in [6.45, 7) is 2.19. The predicted molar refractivity (Wildman–Crippen MR) is 103 cm³/mol. The summed E-state index contributed by atoms with van der Waals surface area (Å²) in [7, 11) is 0. The van der Waals surface area contributed by atoms with Gasteiger partial charge in [0.1, 0.15) is 17.8 Å². The van der Waals surface area contributed by atoms with E-state index in [2.05, 4.69) is 14.9 Å². The topological polar surface area (TPSA) is 79.0 Å². The first-order chi connectivity index (χ1) is 14.2. The number of aromatic nitrogens is 1. The van der Waals surface area contributed by atoms with Crippen molar-refractivity contribution in [2.24, 2.45) is 4.99 Å². The lowest BCUT2D eigenvalue weighted by molar-refractivity contribution is -0.141. The summed E-state index contributed by atoms with van der Waals surface area (Å²) < 4.78 is 50.6. The molecule has 0 bridgehead atoms. The molecule has 0 saturated carbocycles. The van der Waals surface area contributed by atoms with E-state index in [0.29, 0.717) is 36.8 Å². The third kappa shape index (κ3) is 5.66. The van der Waals surface area contributed by atoms with E-state index in [0.717, 1.165) is 24.3 Å². The van der Waals surface area contributed by atoms with Crippen LogP contribution in [0.15, 0.2) is 47.6 Å². The normalized spacial score (nSPS) is 15.0. The molecule has 0 unspecified atom stereocenters. The molecule has 0 aliphatic carbocycles. The third-order valence-corrected chi connectivity index (χ3v) is 4.54. The van der Waals surface area contributed by atoms with Crippen LogP contribution in [0.5, 0.6) is 0 Å². The Morgan fingerprint density at radius 2 is 1.80 bits per heavy atom. The number of nitrogens with zero attached hydrogens (tertiary/aromatic N) is 5. The quantitative estimate of drug-likeness (QED) is 0.341. The molecule has 1 fully saturated rings. The maximum Gasteiger partial charge on any atom is 0.433 e. The molecule has 1 saturated heterocycles. The molecule has 1 aliphatic heterocycles. The van der Waals surface area contributed by atoms with Gasteiger partial charge in [-0.05, 0) is 35.9 Å². The number of benzene rings is 1. The van der Waals surface area contributed by atoms with Crippen LogP contribution in [0.25, 0.3) is 0 Å². The number of rotatable bonds is 4. The van der Waals surface area contributed by atoms with Gasteiger partial charge in [-0.25, -0.2) is 14.4 Å². The zero-order valence-corrected chi connectivity index (χ0v) is 15.8. The van der Waals surface area contributed by atoms with Crippen molar-refractivity contribution in [2.45, 2.75) is 12.7 Å². The number of hydrogen-bond acceptors (Lipinski definition) is 4. The van der Waals surface area contributed by atoms with E-state index >= 15 is 0 Å². The highest BCUT2D eigenvalue weighted by atomic mass is 19.4. The molecule has 0 radical (unpaired) electrons. The van der Waals surface area contributed by atoms with Crippen molar-refractivity contribution >= 4 is 18.0 Å². The SMILES string of the molecule is N=C(N=CN(O)Cc1ccc(C(F)(F)F)nc1)N1CCN(c2ccc(F)cc2)CC1. The molecule has 1 aromatic carbocycles. The van der Waals surface area contributed by atoms with Crippen LogP contribution in [0.2, 0.25) is 0 Å². The molecular formula is C19H20F4N6O. The van der Waals surface area contributed by atoms with E-state index < -0.39 is 11.9 Å². The number of guanidine groups is 1. The van der Waals surface area contributed by atoms with E-state index in [1.165, 1.54) is 18.2 Å². The van der Waals surface area contributed by atoms with Crippen molar-refractivity contribution in [1.82, 2.24) is 14.9 Å². The van der Waals surface area contributed by atoms with Gasteiger partial charge in [0, 0.05) is 38.1 Å². The van der Waals surface area contributed by atoms with Crippen LogP contribution in [0, 0.1) is 11.2 Å². The minimum atomic E-state index is -4.52. The number of halogens is 4. The second kappa shape index (κ2) is 9.08. The summed E-state index contributed by atoms with van der Waals surface area (Å²) >= 11 is 0. The van der Waals surface area contributed by atoms with Gasteiger partial charge in [0.2, 0.25) is 5.96 Å². The highest BCUT2D eigenvalue weighted by Crippen LogP contribution is 2.27. The highest BCUT2D eigenvalue weighted by Gasteiger charge is 2.32. The number of anilines is 1. The van der Waals surface area contributed by atoms with Crippen molar-refractivity contribution in [3.63, 3.8) is 0 Å². The van der Waals surface area contributed by atoms with Crippen LogP contribution >= 0.6 is 0 Å². The minimum Gasteiger partial charge on any atom is -0.368 e. The Bertz CT molecular complexity index is 877. The Kier molecular flexibility index (Phi) is 6.50. The largest absolute Gasteiger partial charge is 0.433 e. The zero-order chi connectivity index (χ0) is 21.7. The van der Waals surface area contributed by atoms with E-state index in [1.807, 2.05) is 0 Å². The molecule has 30 heavy (non-hydrogen) atoms. The lowest BCUT2D eigenvalue weighted by atomic mass is 10.2. The average molecular weight is 424 g/mol. The van der Waals surface area contributed by atoms with Gasteiger partial charge in [0.15, 0.2) is 0 Å². The van der Waals surface area contributed by atoms with Gasteiger partial charge in [-0.1, -0.05) is 6.07 Å². The molecule has 0 amide bonds. The molecule has 1 aromatic heterocycles. The van der Waals surface area contributed by atoms with Gasteiger partial charge in [-0.15, -0.1) is 0 Å². The number of nitrogens with one attached hydrogen (secondary N) is 1. The second-order valence-electron chi connectivity index (χ2n) is 6.67. The van der Waals surface area contributed by atoms with Crippen molar-refractivity contribution < 1.29 is 22.8 Å². The number of hydroxylamine groups is 2. The van der Waals surface area contributed by atoms with Crippen molar-refractivity contribution in [1.29, 1.82) is 5.41 Å². The first kappa shape index (κ1) is 21.5. The Labute approximate surface area is 170 Å². The van der Waals surface area contributed by atoms with Crippen LogP contribution in [0.3, 0.4) is 0 Å². The number of pyridine rings is 1. The first-order valence-corrected chi connectivity index (χ1v) is 9.08. The molecule has 1 aliphatic rings. The van der Waals surface area contributed by atoms with Crippen LogP contribution in [0.1, 0.15) is 11.3 Å². The standard InChI is InChI=1S/C19H20F4N6O/c20-15-2-4-16(5-3-15)27-7-9-28(10-8-27)18(24)26-13-29(30)12-14-1-6-17(25-11-14)19(21,22)23/h1-6,11,13,24,30H,7-10,12H2. The fourth-order valence-electron chi connectivity index (χ4n) is 2.94. The van der Waals surface area contributed by atoms with Gasteiger partial charge in [-0.2, -0.15) is 13.2 Å². The smallest absolute Gasteiger partial charge is 0.368 e. The predicted octanol–water partition coefficient (Wildman–Crippen LogP) is 3.22. The molecule has 7 nitrogen and oxygen atoms in total. The van der Waals surface area contributed by atoms with Crippen LogP contribution < -0.4 is 4.90 Å². The molecule has 0 spiro atoms. The summed E-state index contributed by atoms with van der Waals surface area (Å²) in [5.41, 5.74) is 0.250. The zero-order valence-electron chi connectivity index (χ0n) is 15.8. The first-order valence-electron chi connectivity index (χ1n) is 9.08. The molecule has 0 atom stereocenters. The molecule has 2 aromatic rings. The fourth-order valence-corrected chi connectivity index (χ4v) is 2.94. The number of hydrogen-bond donors (Lipinski definition) is 2. The minimum absolute atomic E-state index is 0.0432. The molecular weight excluding hydrogens is 404 g/mol. The average Bonchev–Trinajstić information content (AvgIpc) is 2.72. The van der Waals surface area contributed by atoms with Gasteiger partial charge in [0.25, 0.3) is 0 Å². The lowest BCUT2D eigenvalue weighted by Crippen LogP contribution is -2.48. The molecule has 11 heteroatoms. The Hall–Kier alpha value is -3.21. The lowest BCUT2D eigenvalue weighted by Gasteiger charge is -2.36. The van der Waals surface area contributed by atoms with Gasteiger partial charge < -0.3 is 9.80 Å². The summed E-state index contributed by atoms with van der Waals surface area (Å²) in [6.07, 6.45) is -2.46. The maximum absolute atomic E-state index is 13.0. The van der Waals surface area contributed by atoms with Gasteiger partial charge in [0.05, 0.1) is 6.54 Å². The fraction of sp³-hybridized carbons (Fsp3) is 0.316. The van der Waals surface area contributed by atoms with Crippen molar-refractivity contribution in [2.75, 3.05) is 31.1 Å². The second-order valence-corrected chi connectivity index (χ2v) is 6.67. The van der Waals surface area contributed by atoms with Crippen LogP contribution in [-0.4, -0.2) is 58.6 Å². The van der Waals surface area contributed by atoms with Gasteiger partial charge >= 0.3 is 6.18 Å². The molecule has 160 valence electrons. The molecule has 2 heterocycles. The Morgan fingerprint density at radius 1 is 1.13 bits per heavy atom. The van der Waals surface area contributed by atoms with E-state index in [-0.39, 0.29) is 18.3 Å². The van der Waals surface area contributed by atoms with Crippen LogP contribution in [0.4, 0.5) is 23.2 Å². The van der Waals surface area contributed by atoms with Crippen LogP contribution in [-0.2, 0) is 12.7 Å². The number of alkyl halides is 3. The maximum atomic E-state index is 13.0. The summed E-state index contributed by atoms with van der Waals surface area (Å²) in [4.78, 5) is 11.0. The Morgan fingerprint density at radius 3 is 2.37 bits per heavy atom. The van der Waals surface area contributed by atoms with E-state index in [9.17, 15) is 22.8 Å². The van der Waals surface area contributed by atoms with E-state index in [4.69, 9.17) is 5.41 Å².